The first kappa shape index (κ1) is 17.5. The van der Waals surface area contributed by atoms with Crippen LogP contribution in [0, 0.1) is 13.8 Å². The van der Waals surface area contributed by atoms with Crippen LogP contribution >= 0.6 is 11.3 Å². The van der Waals surface area contributed by atoms with Crippen LogP contribution in [0.1, 0.15) is 22.9 Å². The van der Waals surface area contributed by atoms with Crippen molar-refractivity contribution in [2.75, 3.05) is 12.0 Å². The van der Waals surface area contributed by atoms with E-state index in [2.05, 4.69) is 11.1 Å². The molecular formula is C21H20N2O3S. The van der Waals surface area contributed by atoms with Crippen molar-refractivity contribution in [3.63, 3.8) is 0 Å². The third kappa shape index (κ3) is 3.17. The van der Waals surface area contributed by atoms with Crippen LogP contribution in [0.2, 0.25) is 0 Å². The summed E-state index contributed by atoms with van der Waals surface area (Å²) in [5.41, 5.74) is 5.60. The van der Waals surface area contributed by atoms with E-state index in [1.54, 1.807) is 17.5 Å². The van der Waals surface area contributed by atoms with E-state index in [1.807, 2.05) is 55.6 Å². The van der Waals surface area contributed by atoms with Crippen LogP contribution in [0.4, 0.5) is 5.69 Å². The van der Waals surface area contributed by atoms with Crippen molar-refractivity contribution in [3.05, 3.63) is 70.2 Å². The molecule has 6 heteroatoms. The van der Waals surface area contributed by atoms with Crippen LogP contribution in [0.25, 0.3) is 0 Å². The molecule has 2 aromatic carbocycles. The lowest BCUT2D eigenvalue weighted by Crippen LogP contribution is -2.61. The number of β-lactam (4-membered cyclic amide) rings is 1. The average Bonchev–Trinajstić information content (AvgIpc) is 3.19. The van der Waals surface area contributed by atoms with Gasteiger partial charge in [0.15, 0.2) is 0 Å². The van der Waals surface area contributed by atoms with Gasteiger partial charge in [0.2, 0.25) is 6.10 Å². The Balaban J connectivity index is 1.65. The first-order valence-corrected chi connectivity index (χ1v) is 9.62. The quantitative estimate of drug-likeness (QED) is 0.619. The summed E-state index contributed by atoms with van der Waals surface area (Å²) in [5, 5.41) is 1.96. The number of amides is 1. The molecule has 27 heavy (non-hydrogen) atoms. The fourth-order valence-corrected chi connectivity index (χ4v) is 3.91. The van der Waals surface area contributed by atoms with Gasteiger partial charge in [0.05, 0.1) is 18.3 Å². The highest BCUT2D eigenvalue weighted by atomic mass is 32.1. The van der Waals surface area contributed by atoms with Crippen LogP contribution < -0.4 is 14.4 Å². The molecule has 1 fully saturated rings. The SMILES string of the molecule is COc1ccc(N2C(=O)[C@@H](Oc3ccc(C)cc3C)[C@@H]2c2cscn2)cc1. The van der Waals surface area contributed by atoms with Crippen molar-refractivity contribution in [3.8, 4) is 11.5 Å². The van der Waals surface area contributed by atoms with Crippen molar-refractivity contribution >= 4 is 22.9 Å². The van der Waals surface area contributed by atoms with E-state index in [-0.39, 0.29) is 11.9 Å². The van der Waals surface area contributed by atoms with Gasteiger partial charge in [-0.3, -0.25) is 9.69 Å². The summed E-state index contributed by atoms with van der Waals surface area (Å²) in [6.07, 6.45) is -0.587. The first-order chi connectivity index (χ1) is 13.1. The second-order valence-corrected chi connectivity index (χ2v) is 7.29. The number of carbonyl (C=O) groups excluding carboxylic acids is 1. The first-order valence-electron chi connectivity index (χ1n) is 8.67. The minimum atomic E-state index is -0.587. The molecule has 138 valence electrons. The van der Waals surface area contributed by atoms with E-state index in [1.165, 1.54) is 11.3 Å². The zero-order chi connectivity index (χ0) is 19.0. The predicted molar refractivity (Wildman–Crippen MR) is 106 cm³/mol. The van der Waals surface area contributed by atoms with Gasteiger partial charge in [-0.25, -0.2) is 4.98 Å². The average molecular weight is 380 g/mol. The van der Waals surface area contributed by atoms with Crippen LogP contribution in [0.3, 0.4) is 0 Å². The van der Waals surface area contributed by atoms with Crippen molar-refractivity contribution in [2.24, 2.45) is 0 Å². The van der Waals surface area contributed by atoms with Gasteiger partial charge in [-0.05, 0) is 49.7 Å². The molecule has 5 nitrogen and oxygen atoms in total. The maximum atomic E-state index is 13.0. The number of nitrogens with zero attached hydrogens (tertiary/aromatic N) is 2. The zero-order valence-corrected chi connectivity index (χ0v) is 16.2. The molecule has 0 saturated carbocycles. The molecule has 2 heterocycles. The summed E-state index contributed by atoms with van der Waals surface area (Å²) in [6, 6.07) is 13.2. The van der Waals surface area contributed by atoms with Gasteiger partial charge in [0.1, 0.15) is 17.5 Å². The van der Waals surface area contributed by atoms with E-state index >= 15 is 0 Å². The van der Waals surface area contributed by atoms with Gasteiger partial charge in [0, 0.05) is 11.1 Å². The standard InChI is InChI=1S/C21H20N2O3S/c1-13-4-9-18(14(2)10-13)26-20-19(17-11-27-12-22-17)23(21(20)24)15-5-7-16(25-3)8-6-15/h4-12,19-20H,1-3H3/t19-,20-/m0/s1. The number of rotatable bonds is 5. The molecule has 0 unspecified atom stereocenters. The van der Waals surface area contributed by atoms with E-state index in [0.717, 1.165) is 34.0 Å². The van der Waals surface area contributed by atoms with Crippen molar-refractivity contribution in [1.29, 1.82) is 0 Å². The number of anilines is 1. The Hall–Kier alpha value is -2.86. The van der Waals surface area contributed by atoms with Crippen molar-refractivity contribution in [1.82, 2.24) is 4.98 Å². The predicted octanol–water partition coefficient (Wildman–Crippen LogP) is 4.30. The van der Waals surface area contributed by atoms with Crippen LogP contribution in [-0.2, 0) is 4.79 Å². The highest BCUT2D eigenvalue weighted by Gasteiger charge is 2.52. The van der Waals surface area contributed by atoms with Gasteiger partial charge in [-0.15, -0.1) is 11.3 Å². The lowest BCUT2D eigenvalue weighted by Gasteiger charge is -2.45. The molecule has 1 aliphatic heterocycles. The van der Waals surface area contributed by atoms with E-state index in [4.69, 9.17) is 9.47 Å². The largest absolute Gasteiger partial charge is 0.497 e. The smallest absolute Gasteiger partial charge is 0.271 e. The molecule has 0 radical (unpaired) electrons. The molecule has 0 spiro atoms. The Labute approximate surface area is 162 Å². The van der Waals surface area contributed by atoms with Gasteiger partial charge in [-0.1, -0.05) is 17.7 Å². The van der Waals surface area contributed by atoms with Gasteiger partial charge >= 0.3 is 0 Å². The summed E-state index contributed by atoms with van der Waals surface area (Å²) in [7, 11) is 1.62. The fraction of sp³-hybridized carbons (Fsp3) is 0.238. The number of methoxy groups -OCH3 is 1. The Bertz CT molecular complexity index is 954. The summed E-state index contributed by atoms with van der Waals surface area (Å²) in [4.78, 5) is 19.1. The number of thiazole rings is 1. The number of ether oxygens (including phenoxy) is 2. The molecule has 2 atom stereocenters. The fourth-order valence-electron chi connectivity index (χ4n) is 3.33. The Morgan fingerprint density at radius 1 is 1.11 bits per heavy atom. The second kappa shape index (κ2) is 7.04. The van der Waals surface area contributed by atoms with Gasteiger partial charge < -0.3 is 9.47 Å². The van der Waals surface area contributed by atoms with Crippen LogP contribution in [-0.4, -0.2) is 24.1 Å². The molecule has 0 aliphatic carbocycles. The number of aromatic nitrogens is 1. The lowest BCUT2D eigenvalue weighted by atomic mass is 9.93. The number of aryl methyl sites for hydroxylation is 2. The van der Waals surface area contributed by atoms with E-state index in [9.17, 15) is 4.79 Å². The van der Waals surface area contributed by atoms with Crippen molar-refractivity contribution < 1.29 is 14.3 Å². The molecular weight excluding hydrogens is 360 g/mol. The van der Waals surface area contributed by atoms with Gasteiger partial charge in [-0.2, -0.15) is 0 Å². The van der Waals surface area contributed by atoms with Gasteiger partial charge in [0.25, 0.3) is 5.91 Å². The molecule has 3 aromatic rings. The van der Waals surface area contributed by atoms with Crippen LogP contribution in [0.5, 0.6) is 11.5 Å². The third-order valence-electron chi connectivity index (χ3n) is 4.74. The minimum absolute atomic E-state index is 0.0712. The zero-order valence-electron chi connectivity index (χ0n) is 15.4. The molecule has 0 bridgehead atoms. The summed E-state index contributed by atoms with van der Waals surface area (Å²) < 4.78 is 11.3. The third-order valence-corrected chi connectivity index (χ3v) is 5.34. The molecule has 1 aliphatic rings. The molecule has 1 aromatic heterocycles. The van der Waals surface area contributed by atoms with Crippen LogP contribution in [0.15, 0.2) is 53.4 Å². The Morgan fingerprint density at radius 2 is 1.89 bits per heavy atom. The number of hydrogen-bond acceptors (Lipinski definition) is 5. The van der Waals surface area contributed by atoms with E-state index < -0.39 is 6.10 Å². The molecule has 1 amide bonds. The summed E-state index contributed by atoms with van der Waals surface area (Å²) >= 11 is 1.51. The summed E-state index contributed by atoms with van der Waals surface area (Å²) in [6.45, 7) is 4.03. The maximum absolute atomic E-state index is 13.0. The molecule has 0 N–H and O–H groups in total. The second-order valence-electron chi connectivity index (χ2n) is 6.57. The number of hydrogen-bond donors (Lipinski definition) is 0. The van der Waals surface area contributed by atoms with E-state index in [0.29, 0.717) is 0 Å². The topological polar surface area (TPSA) is 51.7 Å². The number of carbonyl (C=O) groups is 1. The highest BCUT2D eigenvalue weighted by Crippen LogP contribution is 2.41. The number of benzene rings is 2. The lowest BCUT2D eigenvalue weighted by molar-refractivity contribution is -0.135. The van der Waals surface area contributed by atoms with Crippen molar-refractivity contribution in [2.45, 2.75) is 26.0 Å². The minimum Gasteiger partial charge on any atom is -0.497 e. The highest BCUT2D eigenvalue weighted by molar-refractivity contribution is 7.07. The normalized spacial score (nSPS) is 18.9. The maximum Gasteiger partial charge on any atom is 0.271 e. The molecule has 1 saturated heterocycles. The Kier molecular flexibility index (Phi) is 4.58. The molecule has 4 rings (SSSR count). The summed E-state index contributed by atoms with van der Waals surface area (Å²) in [5.74, 6) is 1.41. The monoisotopic (exact) mass is 380 g/mol. The Morgan fingerprint density at radius 3 is 2.52 bits per heavy atom.